The van der Waals surface area contributed by atoms with Crippen LogP contribution in [0.25, 0.3) is 0 Å². The fourth-order valence-electron chi connectivity index (χ4n) is 0. The van der Waals surface area contributed by atoms with Crippen LogP contribution in [0.2, 0.25) is 0 Å². The van der Waals surface area contributed by atoms with E-state index in [2.05, 4.69) is 0 Å². The van der Waals surface area contributed by atoms with E-state index in [1.165, 1.54) is 6.92 Å². The Balaban J connectivity index is -0.0000000800. The predicted molar refractivity (Wildman–Crippen MR) is 35.1 cm³/mol. The monoisotopic (exact) mass is 140 g/mol. The molecule has 0 heterocycles. The van der Waals surface area contributed by atoms with Gasteiger partial charge in [0, 0.05) is 6.61 Å². The highest BCUT2D eigenvalue weighted by Crippen LogP contribution is 1.68. The lowest BCUT2D eigenvalue weighted by atomic mass is 10.5. The second-order valence-corrected chi connectivity index (χ2v) is 1.35. The van der Waals surface area contributed by atoms with Crippen molar-refractivity contribution in [3.05, 3.63) is 0 Å². The van der Waals surface area contributed by atoms with Gasteiger partial charge in [0.05, 0.1) is 12.7 Å². The molecule has 9 heavy (non-hydrogen) atoms. The summed E-state index contributed by atoms with van der Waals surface area (Å²) in [6, 6.07) is 0. The van der Waals surface area contributed by atoms with Crippen molar-refractivity contribution < 1.29 is 20.8 Å². The average molecular weight is 140 g/mol. The predicted octanol–water partition coefficient (Wildman–Crippen LogP) is -1.47. The Bertz CT molecular complexity index is 30.1. The molecule has 60 valence electrons. The normalized spacial score (nSPS) is 10.3. The van der Waals surface area contributed by atoms with E-state index in [-0.39, 0.29) is 18.7 Å². The van der Waals surface area contributed by atoms with Gasteiger partial charge in [0.25, 0.3) is 0 Å². The van der Waals surface area contributed by atoms with Gasteiger partial charge in [0.1, 0.15) is 0 Å². The summed E-state index contributed by atoms with van der Waals surface area (Å²) in [6.45, 7) is 3.32. The second-order valence-electron chi connectivity index (χ2n) is 1.35. The van der Waals surface area contributed by atoms with E-state index >= 15 is 0 Å². The Kier molecular flexibility index (Phi) is 27.7. The first-order chi connectivity index (χ1) is 3.68. The molecule has 0 rings (SSSR count). The largest absolute Gasteiger partial charge is 0.412 e. The summed E-state index contributed by atoms with van der Waals surface area (Å²) < 4.78 is 0. The van der Waals surface area contributed by atoms with Crippen LogP contribution in [0.15, 0.2) is 0 Å². The zero-order valence-corrected chi connectivity index (χ0v) is 5.83. The van der Waals surface area contributed by atoms with E-state index in [9.17, 15) is 0 Å². The maximum Gasteiger partial charge on any atom is 0.0742 e. The van der Waals surface area contributed by atoms with Gasteiger partial charge in [-0.15, -0.1) is 0 Å². The van der Waals surface area contributed by atoms with Crippen LogP contribution in [-0.4, -0.2) is 40.1 Å². The summed E-state index contributed by atoms with van der Waals surface area (Å²) in [5, 5.41) is 23.6. The minimum atomic E-state index is -0.560. The average Bonchev–Trinajstić information content (AvgIpc) is 1.69. The Hall–Kier alpha value is -0.160. The summed E-state index contributed by atoms with van der Waals surface area (Å²) >= 11 is 0. The molecule has 0 aromatic heterocycles. The van der Waals surface area contributed by atoms with Crippen LogP contribution in [-0.2, 0) is 0 Å². The summed E-state index contributed by atoms with van der Waals surface area (Å²) in [5.41, 5.74) is 0. The quantitative estimate of drug-likeness (QED) is 0.415. The van der Waals surface area contributed by atoms with Gasteiger partial charge in [0.15, 0.2) is 0 Å². The molecule has 4 heteroatoms. The number of hydrogen-bond donors (Lipinski definition) is 3. The van der Waals surface area contributed by atoms with E-state index in [0.717, 1.165) is 0 Å². The molecule has 0 saturated carbocycles. The van der Waals surface area contributed by atoms with Crippen LogP contribution in [0.1, 0.15) is 13.8 Å². The second kappa shape index (κ2) is 15.7. The molecule has 0 saturated heterocycles. The topological polar surface area (TPSA) is 92.2 Å². The molecule has 1 unspecified atom stereocenters. The van der Waals surface area contributed by atoms with Crippen molar-refractivity contribution in [2.45, 2.75) is 20.0 Å². The van der Waals surface area contributed by atoms with Crippen LogP contribution in [0.3, 0.4) is 0 Å². The van der Waals surface area contributed by atoms with Crippen LogP contribution in [0, 0.1) is 0 Å². The molecule has 0 aliphatic heterocycles. The minimum absolute atomic E-state index is 0. The van der Waals surface area contributed by atoms with Crippen molar-refractivity contribution in [2.24, 2.45) is 0 Å². The highest BCUT2D eigenvalue weighted by molar-refractivity contribution is 4.33. The summed E-state index contributed by atoms with van der Waals surface area (Å²) in [5.74, 6) is 0. The van der Waals surface area contributed by atoms with Gasteiger partial charge in [-0.25, -0.2) is 0 Å². The highest BCUT2D eigenvalue weighted by atomic mass is 16.3. The third kappa shape index (κ3) is 79.0. The number of hydrogen-bond acceptors (Lipinski definition) is 3. The SMILES string of the molecule is CC(O)CO.CCO.O. The molecule has 0 spiro atoms. The maximum atomic E-state index is 8.11. The van der Waals surface area contributed by atoms with Crippen LogP contribution >= 0.6 is 0 Å². The number of aliphatic hydroxyl groups excluding tert-OH is 3. The summed E-state index contributed by atoms with van der Waals surface area (Å²) in [7, 11) is 0. The lowest BCUT2D eigenvalue weighted by Crippen LogP contribution is -2.03. The van der Waals surface area contributed by atoms with Crippen LogP contribution in [0.4, 0.5) is 0 Å². The van der Waals surface area contributed by atoms with E-state index in [1.54, 1.807) is 6.92 Å². The van der Waals surface area contributed by atoms with E-state index in [4.69, 9.17) is 15.3 Å². The Labute approximate surface area is 55.1 Å². The molecule has 0 aromatic carbocycles. The molecule has 0 fully saturated rings. The molecule has 0 aromatic rings. The smallest absolute Gasteiger partial charge is 0.0742 e. The zero-order valence-electron chi connectivity index (χ0n) is 5.83. The molecule has 5 N–H and O–H groups in total. The van der Waals surface area contributed by atoms with Crippen molar-refractivity contribution in [2.75, 3.05) is 13.2 Å². The van der Waals surface area contributed by atoms with Crippen LogP contribution < -0.4 is 0 Å². The molecule has 1 atom stereocenters. The first-order valence-electron chi connectivity index (χ1n) is 2.58. The van der Waals surface area contributed by atoms with Gasteiger partial charge >= 0.3 is 0 Å². The van der Waals surface area contributed by atoms with Gasteiger partial charge < -0.3 is 20.8 Å². The van der Waals surface area contributed by atoms with Gasteiger partial charge in [-0.2, -0.15) is 0 Å². The maximum absolute atomic E-state index is 8.11. The first-order valence-corrected chi connectivity index (χ1v) is 2.58. The molecule has 0 bridgehead atoms. The third-order valence-electron chi connectivity index (χ3n) is 0.264. The first kappa shape index (κ1) is 15.9. The Morgan fingerprint density at radius 3 is 1.44 bits per heavy atom. The van der Waals surface area contributed by atoms with E-state index in [1.807, 2.05) is 0 Å². The fraction of sp³-hybridized carbons (Fsp3) is 1.00. The van der Waals surface area contributed by atoms with Gasteiger partial charge in [-0.1, -0.05) is 0 Å². The van der Waals surface area contributed by atoms with Crippen molar-refractivity contribution in [1.29, 1.82) is 0 Å². The number of aliphatic hydroxyl groups is 3. The minimum Gasteiger partial charge on any atom is -0.412 e. The van der Waals surface area contributed by atoms with Gasteiger partial charge in [-0.05, 0) is 13.8 Å². The molecule has 4 nitrogen and oxygen atoms in total. The molecule has 0 aliphatic rings. The van der Waals surface area contributed by atoms with Crippen molar-refractivity contribution in [3.8, 4) is 0 Å². The Morgan fingerprint density at radius 1 is 1.33 bits per heavy atom. The molecular weight excluding hydrogens is 124 g/mol. The van der Waals surface area contributed by atoms with Crippen molar-refractivity contribution in [1.82, 2.24) is 0 Å². The third-order valence-corrected chi connectivity index (χ3v) is 0.264. The summed E-state index contributed by atoms with van der Waals surface area (Å²) in [4.78, 5) is 0. The summed E-state index contributed by atoms with van der Waals surface area (Å²) in [6.07, 6.45) is -0.560. The standard InChI is InChI=1S/C3H8O2.C2H6O.H2O/c1-3(5)2-4;1-2-3;/h3-5H,2H2,1H3;3H,2H2,1H3;1H2. The molecule has 0 aliphatic carbocycles. The number of rotatable bonds is 1. The van der Waals surface area contributed by atoms with E-state index in [0.29, 0.717) is 0 Å². The molecule has 0 amide bonds. The van der Waals surface area contributed by atoms with Gasteiger partial charge in [-0.3, -0.25) is 0 Å². The lowest BCUT2D eigenvalue weighted by molar-refractivity contribution is 0.110. The van der Waals surface area contributed by atoms with Crippen molar-refractivity contribution in [3.63, 3.8) is 0 Å². The molecular formula is C5H16O4. The fourth-order valence-corrected chi connectivity index (χ4v) is 0. The highest BCUT2D eigenvalue weighted by Gasteiger charge is 1.83. The molecule has 0 radical (unpaired) electrons. The van der Waals surface area contributed by atoms with E-state index < -0.39 is 6.10 Å². The van der Waals surface area contributed by atoms with Crippen LogP contribution in [0.5, 0.6) is 0 Å². The zero-order chi connectivity index (χ0) is 6.99. The Morgan fingerprint density at radius 2 is 1.44 bits per heavy atom. The van der Waals surface area contributed by atoms with Gasteiger partial charge in [0.2, 0.25) is 0 Å². The van der Waals surface area contributed by atoms with Crippen molar-refractivity contribution >= 4 is 0 Å². The lowest BCUT2D eigenvalue weighted by Gasteiger charge is -1.90.